The molecule has 1 aromatic rings. The molecule has 1 aromatic heterocycles. The third kappa shape index (κ3) is 2.51. The number of hydrogen-bond donors (Lipinski definition) is 2. The molecule has 0 atom stereocenters. The van der Waals surface area contributed by atoms with E-state index in [1.807, 2.05) is 0 Å². The molecule has 0 aliphatic heterocycles. The van der Waals surface area contributed by atoms with E-state index in [9.17, 15) is 8.42 Å². The summed E-state index contributed by atoms with van der Waals surface area (Å²) < 4.78 is 28.4. The summed E-state index contributed by atoms with van der Waals surface area (Å²) in [6.07, 6.45) is 1.25. The van der Waals surface area contributed by atoms with Crippen LogP contribution in [0.15, 0.2) is 16.9 Å². The van der Waals surface area contributed by atoms with Gasteiger partial charge in [0.15, 0.2) is 5.82 Å². The van der Waals surface area contributed by atoms with Crippen molar-refractivity contribution >= 4 is 15.8 Å². The molecule has 0 saturated heterocycles. The third-order valence-electron chi connectivity index (χ3n) is 1.06. The lowest BCUT2D eigenvalue weighted by atomic mass is 10.7. The first-order valence-electron chi connectivity index (χ1n) is 3.16. The molecule has 0 aliphatic carbocycles. The van der Waals surface area contributed by atoms with Gasteiger partial charge in [-0.1, -0.05) is 5.16 Å². The van der Waals surface area contributed by atoms with Gasteiger partial charge in [-0.25, -0.2) is 8.42 Å². The Hall–Kier alpha value is -1.08. The van der Waals surface area contributed by atoms with Crippen LogP contribution in [0, 0.1) is 0 Å². The fourth-order valence-corrected chi connectivity index (χ4v) is 1.36. The van der Waals surface area contributed by atoms with Gasteiger partial charge in [0.1, 0.15) is 6.26 Å². The Morgan fingerprint density at radius 2 is 2.42 bits per heavy atom. The Morgan fingerprint density at radius 3 is 2.92 bits per heavy atom. The number of aliphatic hydroxyl groups is 1. The maximum Gasteiger partial charge on any atom is 0.236 e. The summed E-state index contributed by atoms with van der Waals surface area (Å²) in [5.74, 6) is -0.233. The summed E-state index contributed by atoms with van der Waals surface area (Å²) in [5.41, 5.74) is 0. The minimum atomic E-state index is -3.48. The summed E-state index contributed by atoms with van der Waals surface area (Å²) in [7, 11) is -3.48. The van der Waals surface area contributed by atoms with E-state index in [0.717, 1.165) is 0 Å². The standard InChI is InChI=1S/C5H8N2O4S/c8-2-4-12(9,10)7-5-1-3-11-6-5/h1,3,8H,2,4H2,(H,6,7). The number of rotatable bonds is 4. The van der Waals surface area contributed by atoms with Crippen LogP contribution in [0.25, 0.3) is 0 Å². The van der Waals surface area contributed by atoms with E-state index in [1.54, 1.807) is 0 Å². The molecule has 0 spiro atoms. The maximum absolute atomic E-state index is 10.9. The number of anilines is 1. The molecule has 12 heavy (non-hydrogen) atoms. The van der Waals surface area contributed by atoms with Gasteiger partial charge in [-0.15, -0.1) is 0 Å². The quantitative estimate of drug-likeness (QED) is 0.665. The van der Waals surface area contributed by atoms with Crippen molar-refractivity contribution in [1.82, 2.24) is 5.16 Å². The van der Waals surface area contributed by atoms with E-state index in [2.05, 4.69) is 14.4 Å². The van der Waals surface area contributed by atoms with Gasteiger partial charge >= 0.3 is 0 Å². The first kappa shape index (κ1) is 9.01. The number of aromatic nitrogens is 1. The van der Waals surface area contributed by atoms with Gasteiger partial charge in [0, 0.05) is 6.07 Å². The van der Waals surface area contributed by atoms with Gasteiger partial charge in [-0.3, -0.25) is 4.72 Å². The first-order valence-corrected chi connectivity index (χ1v) is 4.81. The van der Waals surface area contributed by atoms with Crippen LogP contribution in [-0.2, 0) is 10.0 Å². The highest BCUT2D eigenvalue weighted by molar-refractivity contribution is 7.92. The molecular formula is C5H8N2O4S. The molecule has 0 aromatic carbocycles. The average Bonchev–Trinajstić information content (AvgIpc) is 2.38. The molecule has 68 valence electrons. The Labute approximate surface area is 69.2 Å². The zero-order valence-corrected chi connectivity index (χ0v) is 6.91. The van der Waals surface area contributed by atoms with Crippen molar-refractivity contribution in [2.24, 2.45) is 0 Å². The van der Waals surface area contributed by atoms with E-state index in [4.69, 9.17) is 5.11 Å². The minimum Gasteiger partial charge on any atom is -0.395 e. The van der Waals surface area contributed by atoms with Crippen LogP contribution in [0.4, 0.5) is 5.82 Å². The molecule has 0 aliphatic rings. The van der Waals surface area contributed by atoms with Gasteiger partial charge in [0.2, 0.25) is 10.0 Å². The van der Waals surface area contributed by atoms with E-state index in [-0.39, 0.29) is 11.6 Å². The first-order chi connectivity index (χ1) is 5.64. The molecule has 7 heteroatoms. The van der Waals surface area contributed by atoms with Gasteiger partial charge in [-0.2, -0.15) is 0 Å². The normalized spacial score (nSPS) is 11.4. The molecule has 1 rings (SSSR count). The van der Waals surface area contributed by atoms with Crippen LogP contribution in [0.1, 0.15) is 0 Å². The van der Waals surface area contributed by atoms with Gasteiger partial charge in [0.05, 0.1) is 12.4 Å². The monoisotopic (exact) mass is 192 g/mol. The van der Waals surface area contributed by atoms with Crippen molar-refractivity contribution in [2.45, 2.75) is 0 Å². The number of aliphatic hydroxyl groups excluding tert-OH is 1. The Balaban J connectivity index is 2.63. The highest BCUT2D eigenvalue weighted by Gasteiger charge is 2.10. The molecule has 1 heterocycles. The van der Waals surface area contributed by atoms with Crippen LogP contribution in [0.2, 0.25) is 0 Å². The van der Waals surface area contributed by atoms with Gasteiger partial charge in [-0.05, 0) is 0 Å². The summed E-state index contributed by atoms with van der Waals surface area (Å²) >= 11 is 0. The molecular weight excluding hydrogens is 184 g/mol. The van der Waals surface area contributed by atoms with E-state index < -0.39 is 16.6 Å². The molecule has 0 amide bonds. The van der Waals surface area contributed by atoms with Crippen LogP contribution >= 0.6 is 0 Å². The summed E-state index contributed by atoms with van der Waals surface area (Å²) in [5, 5.41) is 11.7. The second kappa shape index (κ2) is 3.55. The smallest absolute Gasteiger partial charge is 0.236 e. The topological polar surface area (TPSA) is 92.4 Å². The van der Waals surface area contributed by atoms with Crippen LogP contribution in [0.3, 0.4) is 0 Å². The Morgan fingerprint density at radius 1 is 1.67 bits per heavy atom. The summed E-state index contributed by atoms with van der Waals surface area (Å²) in [4.78, 5) is 0. The zero-order chi connectivity index (χ0) is 9.03. The van der Waals surface area contributed by atoms with Crippen molar-refractivity contribution in [1.29, 1.82) is 0 Å². The van der Waals surface area contributed by atoms with Crippen molar-refractivity contribution < 1.29 is 18.0 Å². The van der Waals surface area contributed by atoms with E-state index >= 15 is 0 Å². The molecule has 0 bridgehead atoms. The number of hydrogen-bond acceptors (Lipinski definition) is 5. The molecule has 0 unspecified atom stereocenters. The van der Waals surface area contributed by atoms with Crippen LogP contribution < -0.4 is 4.72 Å². The van der Waals surface area contributed by atoms with E-state index in [0.29, 0.717) is 0 Å². The average molecular weight is 192 g/mol. The minimum absolute atomic E-state index is 0.114. The Kier molecular flexibility index (Phi) is 2.66. The SMILES string of the molecule is O=S(=O)(CCO)Nc1ccon1. The van der Waals surface area contributed by atoms with Crippen molar-refractivity contribution in [3.05, 3.63) is 12.3 Å². The number of nitrogens with one attached hydrogen (secondary N) is 1. The fourth-order valence-electron chi connectivity index (χ4n) is 0.596. The van der Waals surface area contributed by atoms with Gasteiger partial charge in [0.25, 0.3) is 0 Å². The lowest BCUT2D eigenvalue weighted by Gasteiger charge is -2.00. The van der Waals surface area contributed by atoms with Crippen molar-refractivity contribution in [3.63, 3.8) is 0 Å². The van der Waals surface area contributed by atoms with Gasteiger partial charge < -0.3 is 9.63 Å². The number of sulfonamides is 1. The second-order valence-corrected chi connectivity index (χ2v) is 3.87. The summed E-state index contributed by atoms with van der Waals surface area (Å²) in [6.45, 7) is -0.423. The predicted octanol–water partition coefficient (Wildman–Crippen LogP) is -0.591. The molecule has 0 fully saturated rings. The lowest BCUT2D eigenvalue weighted by molar-refractivity contribution is 0.320. The fraction of sp³-hybridized carbons (Fsp3) is 0.400. The zero-order valence-electron chi connectivity index (χ0n) is 6.10. The largest absolute Gasteiger partial charge is 0.395 e. The van der Waals surface area contributed by atoms with Crippen LogP contribution in [-0.4, -0.2) is 31.0 Å². The predicted molar refractivity (Wildman–Crippen MR) is 41.0 cm³/mol. The summed E-state index contributed by atoms with van der Waals surface area (Å²) in [6, 6.07) is 1.37. The molecule has 0 radical (unpaired) electrons. The number of nitrogens with zero attached hydrogens (tertiary/aromatic N) is 1. The maximum atomic E-state index is 10.9. The lowest BCUT2D eigenvalue weighted by Crippen LogP contribution is -2.18. The third-order valence-corrected chi connectivity index (χ3v) is 2.30. The Bertz CT molecular complexity index is 317. The van der Waals surface area contributed by atoms with Crippen LogP contribution in [0.5, 0.6) is 0 Å². The molecule has 6 nitrogen and oxygen atoms in total. The molecule has 0 saturated carbocycles. The highest BCUT2D eigenvalue weighted by atomic mass is 32.2. The second-order valence-electron chi connectivity index (χ2n) is 2.03. The highest BCUT2D eigenvalue weighted by Crippen LogP contribution is 2.03. The molecule has 2 N–H and O–H groups in total. The van der Waals surface area contributed by atoms with E-state index in [1.165, 1.54) is 12.3 Å². The van der Waals surface area contributed by atoms with Crippen molar-refractivity contribution in [3.8, 4) is 0 Å². The van der Waals surface area contributed by atoms with Crippen molar-refractivity contribution in [2.75, 3.05) is 17.1 Å².